The second-order valence-electron chi connectivity index (χ2n) is 8.89. The van der Waals surface area contributed by atoms with Crippen molar-refractivity contribution in [1.82, 2.24) is 24.6 Å². The maximum absolute atomic E-state index is 13.8. The van der Waals surface area contributed by atoms with Crippen LogP contribution in [0.5, 0.6) is 0 Å². The van der Waals surface area contributed by atoms with Crippen LogP contribution in [-0.2, 0) is 0 Å². The van der Waals surface area contributed by atoms with Crippen molar-refractivity contribution < 1.29 is 8.78 Å². The molecule has 0 radical (unpaired) electrons. The number of nitrogens with zero attached hydrogens (tertiary/aromatic N) is 6. The maximum atomic E-state index is 13.8. The summed E-state index contributed by atoms with van der Waals surface area (Å²) in [6, 6.07) is 9.81. The van der Waals surface area contributed by atoms with Gasteiger partial charge in [-0.1, -0.05) is 6.07 Å². The molecule has 0 spiro atoms. The molecule has 4 heterocycles. The van der Waals surface area contributed by atoms with E-state index in [0.717, 1.165) is 43.6 Å². The topological polar surface area (TPSA) is 71.2 Å². The molecule has 2 atom stereocenters. The Bertz CT molecular complexity index is 1320. The van der Waals surface area contributed by atoms with Gasteiger partial charge in [0.2, 0.25) is 5.95 Å². The second-order valence-corrected chi connectivity index (χ2v) is 8.89. The van der Waals surface area contributed by atoms with E-state index in [9.17, 15) is 8.78 Å². The number of pyridine rings is 1. The molecule has 2 unspecified atom stereocenters. The zero-order chi connectivity index (χ0) is 22.5. The molecular weight excluding hydrogens is 424 g/mol. The molecule has 9 heteroatoms. The molecule has 1 saturated carbocycles. The van der Waals surface area contributed by atoms with Crippen LogP contribution < -0.4 is 10.2 Å². The van der Waals surface area contributed by atoms with Crippen LogP contribution in [0, 0.1) is 30.4 Å². The molecule has 3 aromatic heterocycles. The monoisotopic (exact) mass is 447 g/mol. The van der Waals surface area contributed by atoms with Gasteiger partial charge in [-0.2, -0.15) is 4.98 Å². The Morgan fingerprint density at radius 1 is 1.00 bits per heavy atom. The summed E-state index contributed by atoms with van der Waals surface area (Å²) in [5.41, 5.74) is 1.87. The van der Waals surface area contributed by atoms with Gasteiger partial charge in [-0.3, -0.25) is 0 Å². The average molecular weight is 447 g/mol. The summed E-state index contributed by atoms with van der Waals surface area (Å²) in [6.45, 7) is 3.77. The molecular formula is C24H23F2N7. The fourth-order valence-corrected chi connectivity index (χ4v) is 5.27. The van der Waals surface area contributed by atoms with Gasteiger partial charge in [0, 0.05) is 37.1 Å². The van der Waals surface area contributed by atoms with E-state index in [4.69, 9.17) is 4.98 Å². The van der Waals surface area contributed by atoms with E-state index < -0.39 is 11.6 Å². The van der Waals surface area contributed by atoms with Crippen LogP contribution in [0.2, 0.25) is 0 Å². The molecule has 2 bridgehead atoms. The Morgan fingerprint density at radius 3 is 2.58 bits per heavy atom. The lowest BCUT2D eigenvalue weighted by Crippen LogP contribution is -2.48. The molecule has 4 aromatic rings. The van der Waals surface area contributed by atoms with Crippen LogP contribution in [-0.4, -0.2) is 43.7 Å². The maximum Gasteiger partial charge on any atom is 0.243 e. The lowest BCUT2D eigenvalue weighted by molar-refractivity contribution is 0.374. The number of piperidine rings is 1. The largest absolute Gasteiger partial charge is 0.356 e. The quantitative estimate of drug-likeness (QED) is 0.508. The number of hydrogen-bond donors (Lipinski definition) is 1. The molecule has 0 amide bonds. The number of anilines is 2. The summed E-state index contributed by atoms with van der Waals surface area (Å²) >= 11 is 0. The standard InChI is InChI=1S/C24H23F2N7/c1-14-27-9-8-21(28-14)32-12-16-4-5-17(13-32)22(16)29-24-30-23-18(3-2-10-33(23)31-24)15-6-7-19(25)20(26)11-15/h2-3,6-11,16-17,22H,4-5,12-13H2,1H3,(H,29,31). The van der Waals surface area contributed by atoms with Crippen LogP contribution in [0.1, 0.15) is 18.7 Å². The number of aryl methyl sites for hydroxylation is 1. The van der Waals surface area contributed by atoms with E-state index in [0.29, 0.717) is 34.6 Å². The third-order valence-electron chi connectivity index (χ3n) is 6.81. The zero-order valence-electron chi connectivity index (χ0n) is 18.1. The number of nitrogens with one attached hydrogen (secondary N) is 1. The number of hydrogen-bond acceptors (Lipinski definition) is 6. The molecule has 6 rings (SSSR count). The Balaban J connectivity index is 1.25. The van der Waals surface area contributed by atoms with Crippen LogP contribution in [0.25, 0.3) is 16.8 Å². The lowest BCUT2D eigenvalue weighted by atomic mass is 9.92. The Hall–Kier alpha value is -3.62. The van der Waals surface area contributed by atoms with Gasteiger partial charge in [0.25, 0.3) is 0 Å². The van der Waals surface area contributed by atoms with Gasteiger partial charge in [0.15, 0.2) is 17.3 Å². The zero-order valence-corrected chi connectivity index (χ0v) is 18.1. The van der Waals surface area contributed by atoms with E-state index in [-0.39, 0.29) is 6.04 Å². The van der Waals surface area contributed by atoms with Gasteiger partial charge < -0.3 is 10.2 Å². The third kappa shape index (κ3) is 3.57. The Kier molecular flexibility index (Phi) is 4.70. The van der Waals surface area contributed by atoms with Gasteiger partial charge >= 0.3 is 0 Å². The highest BCUT2D eigenvalue weighted by atomic mass is 19.2. The number of halogens is 2. The van der Waals surface area contributed by atoms with E-state index in [1.54, 1.807) is 10.6 Å². The second kappa shape index (κ2) is 7.75. The minimum absolute atomic E-state index is 0.285. The first-order chi connectivity index (χ1) is 16.0. The van der Waals surface area contributed by atoms with Crippen molar-refractivity contribution in [3.63, 3.8) is 0 Å². The molecule has 1 saturated heterocycles. The van der Waals surface area contributed by atoms with Crippen molar-refractivity contribution >= 4 is 17.4 Å². The van der Waals surface area contributed by atoms with Crippen molar-refractivity contribution in [2.24, 2.45) is 11.8 Å². The molecule has 1 N–H and O–H groups in total. The predicted molar refractivity (Wildman–Crippen MR) is 121 cm³/mol. The number of fused-ring (bicyclic) bond motifs is 3. The van der Waals surface area contributed by atoms with Crippen molar-refractivity contribution in [1.29, 1.82) is 0 Å². The molecule has 2 aliphatic rings. The fourth-order valence-electron chi connectivity index (χ4n) is 5.27. The Labute approximate surface area is 189 Å². The SMILES string of the molecule is Cc1nccc(N2CC3CCC(C2)C3Nc2nc3c(-c4ccc(F)c(F)c4)cccn3n2)n1. The first-order valence-electron chi connectivity index (χ1n) is 11.2. The average Bonchev–Trinajstić information content (AvgIpc) is 3.31. The number of aromatic nitrogens is 5. The summed E-state index contributed by atoms with van der Waals surface area (Å²) in [5, 5.41) is 8.19. The van der Waals surface area contributed by atoms with E-state index in [1.807, 2.05) is 37.5 Å². The van der Waals surface area contributed by atoms with Crippen molar-refractivity contribution in [2.75, 3.05) is 23.3 Å². The van der Waals surface area contributed by atoms with Crippen LogP contribution in [0.3, 0.4) is 0 Å². The van der Waals surface area contributed by atoms with Gasteiger partial charge in [-0.05, 0) is 67.5 Å². The highest BCUT2D eigenvalue weighted by Gasteiger charge is 2.43. The highest BCUT2D eigenvalue weighted by molar-refractivity contribution is 5.77. The van der Waals surface area contributed by atoms with Crippen molar-refractivity contribution in [3.05, 3.63) is 66.3 Å². The molecule has 1 aliphatic carbocycles. The third-order valence-corrected chi connectivity index (χ3v) is 6.81. The molecule has 33 heavy (non-hydrogen) atoms. The van der Waals surface area contributed by atoms with Crippen molar-refractivity contribution in [3.8, 4) is 11.1 Å². The van der Waals surface area contributed by atoms with Crippen LogP contribution in [0.4, 0.5) is 20.5 Å². The van der Waals surface area contributed by atoms with Crippen LogP contribution in [0.15, 0.2) is 48.8 Å². The van der Waals surface area contributed by atoms with Gasteiger partial charge in [0.05, 0.1) is 0 Å². The fraction of sp³-hybridized carbons (Fsp3) is 0.333. The Morgan fingerprint density at radius 2 is 1.82 bits per heavy atom. The van der Waals surface area contributed by atoms with Crippen LogP contribution >= 0.6 is 0 Å². The van der Waals surface area contributed by atoms with E-state index in [1.165, 1.54) is 6.07 Å². The normalized spacial score (nSPS) is 22.2. The first kappa shape index (κ1) is 20.0. The van der Waals surface area contributed by atoms with Gasteiger partial charge in [-0.25, -0.2) is 23.3 Å². The van der Waals surface area contributed by atoms with Crippen molar-refractivity contribution in [2.45, 2.75) is 25.8 Å². The summed E-state index contributed by atoms with van der Waals surface area (Å²) in [4.78, 5) is 15.9. The summed E-state index contributed by atoms with van der Waals surface area (Å²) in [5.74, 6) is 1.51. The summed E-state index contributed by atoms with van der Waals surface area (Å²) in [7, 11) is 0. The van der Waals surface area contributed by atoms with Gasteiger partial charge in [-0.15, -0.1) is 5.10 Å². The molecule has 1 aromatic carbocycles. The molecule has 168 valence electrons. The summed E-state index contributed by atoms with van der Waals surface area (Å²) in [6.07, 6.45) is 5.92. The van der Waals surface area contributed by atoms with E-state index in [2.05, 4.69) is 25.3 Å². The predicted octanol–water partition coefficient (Wildman–Crippen LogP) is 4.10. The van der Waals surface area contributed by atoms with Gasteiger partial charge in [0.1, 0.15) is 11.6 Å². The molecule has 7 nitrogen and oxygen atoms in total. The highest BCUT2D eigenvalue weighted by Crippen LogP contribution is 2.39. The number of rotatable bonds is 4. The minimum Gasteiger partial charge on any atom is -0.356 e. The smallest absolute Gasteiger partial charge is 0.243 e. The minimum atomic E-state index is -0.880. The first-order valence-corrected chi connectivity index (χ1v) is 11.2. The van der Waals surface area contributed by atoms with E-state index >= 15 is 0 Å². The number of benzene rings is 1. The summed E-state index contributed by atoms with van der Waals surface area (Å²) < 4.78 is 28.9. The molecule has 2 fully saturated rings. The molecule has 1 aliphatic heterocycles. The lowest BCUT2D eigenvalue weighted by Gasteiger charge is -2.38.